The Bertz CT molecular complexity index is 303. The maximum atomic E-state index is 12.1. The van der Waals surface area contributed by atoms with E-state index in [1.807, 2.05) is 0 Å². The molecule has 0 radical (unpaired) electrons. The molecule has 0 heterocycles. The van der Waals surface area contributed by atoms with Gasteiger partial charge in [-0.3, -0.25) is 4.79 Å². The molecule has 13 heavy (non-hydrogen) atoms. The molecule has 0 aliphatic heterocycles. The fourth-order valence-corrected chi connectivity index (χ4v) is 4.99. The van der Waals surface area contributed by atoms with Crippen LogP contribution >= 0.6 is 0 Å². The average Bonchev–Trinajstić information content (AvgIpc) is 2.60. The third-order valence-corrected chi connectivity index (χ3v) is 5.50. The van der Waals surface area contributed by atoms with Gasteiger partial charge in [0.25, 0.3) is 0 Å². The van der Waals surface area contributed by atoms with E-state index < -0.39 is 8.07 Å². The van der Waals surface area contributed by atoms with Gasteiger partial charge in [-0.2, -0.15) is 0 Å². The molecule has 0 N–H and O–H groups in total. The first-order valence-electron chi connectivity index (χ1n) is 5.12. The maximum absolute atomic E-state index is 12.1. The fraction of sp³-hybridized carbons (Fsp3) is 0.727. The number of allylic oxidation sites excluding steroid dienone is 2. The van der Waals surface area contributed by atoms with Crippen molar-refractivity contribution in [3.8, 4) is 0 Å². The Balaban J connectivity index is 2.38. The van der Waals surface area contributed by atoms with Crippen molar-refractivity contribution in [2.24, 2.45) is 5.41 Å². The van der Waals surface area contributed by atoms with Crippen LogP contribution in [0.15, 0.2) is 10.8 Å². The Morgan fingerprint density at radius 3 is 2.00 bits per heavy atom. The van der Waals surface area contributed by atoms with Crippen LogP contribution in [-0.4, -0.2) is 13.9 Å². The van der Waals surface area contributed by atoms with E-state index >= 15 is 0 Å². The fourth-order valence-electron chi connectivity index (χ4n) is 2.67. The van der Waals surface area contributed by atoms with Crippen molar-refractivity contribution in [1.29, 1.82) is 0 Å². The highest BCUT2D eigenvalue weighted by molar-refractivity contribution is 6.87. The van der Waals surface area contributed by atoms with E-state index in [2.05, 4.69) is 26.6 Å². The van der Waals surface area contributed by atoms with Gasteiger partial charge in [0, 0.05) is 5.41 Å². The molecular formula is C11H18OSi. The second-order valence-electron chi connectivity index (χ2n) is 5.69. The summed E-state index contributed by atoms with van der Waals surface area (Å²) in [5.74, 6) is 0.518. The molecule has 72 valence electrons. The van der Waals surface area contributed by atoms with E-state index in [0.29, 0.717) is 5.78 Å². The predicted octanol–water partition coefficient (Wildman–Crippen LogP) is 2.93. The average molecular weight is 194 g/mol. The second-order valence-corrected chi connectivity index (χ2v) is 10.7. The first-order chi connectivity index (χ1) is 5.87. The lowest BCUT2D eigenvalue weighted by molar-refractivity contribution is -0.118. The summed E-state index contributed by atoms with van der Waals surface area (Å²) < 4.78 is 0. The minimum absolute atomic E-state index is 0.125. The van der Waals surface area contributed by atoms with Crippen LogP contribution in [0.5, 0.6) is 0 Å². The second kappa shape index (κ2) is 2.35. The van der Waals surface area contributed by atoms with Gasteiger partial charge in [-0.1, -0.05) is 25.2 Å². The van der Waals surface area contributed by atoms with Crippen LogP contribution in [0.1, 0.15) is 26.2 Å². The molecule has 1 fully saturated rings. The zero-order chi connectivity index (χ0) is 9.85. The molecule has 0 unspecified atom stereocenters. The van der Waals surface area contributed by atoms with E-state index in [-0.39, 0.29) is 5.41 Å². The van der Waals surface area contributed by atoms with Gasteiger partial charge in [-0.05, 0) is 31.4 Å². The van der Waals surface area contributed by atoms with Crippen molar-refractivity contribution in [2.45, 2.75) is 45.8 Å². The Labute approximate surface area is 81.2 Å². The number of Topliss-reactive ketones (excluding diaryl/α,β-unsaturated/α-hetero) is 1. The topological polar surface area (TPSA) is 17.1 Å². The van der Waals surface area contributed by atoms with Gasteiger partial charge in [-0.15, -0.1) is 0 Å². The van der Waals surface area contributed by atoms with E-state index in [1.54, 1.807) is 0 Å². The smallest absolute Gasteiger partial charge is 0.161 e. The quantitative estimate of drug-likeness (QED) is 0.587. The van der Waals surface area contributed by atoms with E-state index in [9.17, 15) is 4.79 Å². The third-order valence-electron chi connectivity index (χ3n) is 3.34. The summed E-state index contributed by atoms with van der Waals surface area (Å²) in [4.78, 5) is 12.1. The van der Waals surface area contributed by atoms with Gasteiger partial charge in [0.05, 0.1) is 8.07 Å². The number of rotatable bonds is 1. The zero-order valence-corrected chi connectivity index (χ0v) is 10.0. The summed E-state index contributed by atoms with van der Waals surface area (Å²) >= 11 is 0. The molecule has 2 rings (SSSR count). The zero-order valence-electron chi connectivity index (χ0n) is 9.03. The van der Waals surface area contributed by atoms with E-state index in [0.717, 1.165) is 19.3 Å². The lowest BCUT2D eigenvalue weighted by atomic mass is 10.0. The molecule has 0 atom stereocenters. The van der Waals surface area contributed by atoms with Crippen LogP contribution in [0.25, 0.3) is 0 Å². The van der Waals surface area contributed by atoms with Gasteiger partial charge in [-0.25, -0.2) is 0 Å². The number of hydrogen-bond acceptors (Lipinski definition) is 1. The van der Waals surface area contributed by atoms with Gasteiger partial charge < -0.3 is 0 Å². The highest BCUT2D eigenvalue weighted by Crippen LogP contribution is 2.58. The van der Waals surface area contributed by atoms with E-state index in [1.165, 1.54) is 10.8 Å². The number of ketones is 1. The van der Waals surface area contributed by atoms with Gasteiger partial charge in [0.15, 0.2) is 5.78 Å². The van der Waals surface area contributed by atoms with Gasteiger partial charge in [0.2, 0.25) is 0 Å². The maximum Gasteiger partial charge on any atom is 0.161 e. The van der Waals surface area contributed by atoms with Crippen LogP contribution < -0.4 is 0 Å². The molecule has 2 aliphatic carbocycles. The van der Waals surface area contributed by atoms with Crippen molar-refractivity contribution in [2.75, 3.05) is 0 Å². The lowest BCUT2D eigenvalue weighted by Crippen LogP contribution is -2.30. The summed E-state index contributed by atoms with van der Waals surface area (Å²) in [5, 5.41) is 1.25. The third kappa shape index (κ3) is 1.23. The highest BCUT2D eigenvalue weighted by atomic mass is 28.3. The monoisotopic (exact) mass is 194 g/mol. The largest absolute Gasteiger partial charge is 0.294 e. The van der Waals surface area contributed by atoms with Gasteiger partial charge in [0.1, 0.15) is 0 Å². The van der Waals surface area contributed by atoms with Crippen molar-refractivity contribution in [3.05, 3.63) is 10.8 Å². The summed E-state index contributed by atoms with van der Waals surface area (Å²) in [7, 11) is -1.37. The summed E-state index contributed by atoms with van der Waals surface area (Å²) in [6, 6.07) is 0. The minimum atomic E-state index is -1.37. The van der Waals surface area contributed by atoms with Crippen LogP contribution in [0, 0.1) is 5.41 Å². The van der Waals surface area contributed by atoms with Gasteiger partial charge >= 0.3 is 0 Å². The summed E-state index contributed by atoms with van der Waals surface area (Å²) in [5.41, 5.74) is 1.53. The predicted molar refractivity (Wildman–Crippen MR) is 57.3 cm³/mol. The van der Waals surface area contributed by atoms with Crippen molar-refractivity contribution >= 4 is 13.9 Å². The normalized spacial score (nSPS) is 26.0. The molecule has 1 saturated carbocycles. The Hall–Kier alpha value is -0.373. The molecule has 0 aromatic rings. The number of carbonyl (C=O) groups excluding carboxylic acids is 1. The molecule has 1 spiro atoms. The van der Waals surface area contributed by atoms with Crippen molar-refractivity contribution in [3.63, 3.8) is 0 Å². The number of carbonyl (C=O) groups is 1. The van der Waals surface area contributed by atoms with Crippen LogP contribution in [-0.2, 0) is 4.79 Å². The van der Waals surface area contributed by atoms with Crippen LogP contribution in [0.3, 0.4) is 0 Å². The molecule has 0 saturated heterocycles. The molecular weight excluding hydrogens is 176 g/mol. The molecule has 0 aromatic carbocycles. The molecule has 1 nitrogen and oxygen atoms in total. The molecule has 2 heteroatoms. The first kappa shape index (κ1) is 9.19. The van der Waals surface area contributed by atoms with Crippen molar-refractivity contribution in [1.82, 2.24) is 0 Å². The molecule has 0 bridgehead atoms. The Morgan fingerprint density at radius 2 is 1.77 bits per heavy atom. The summed E-state index contributed by atoms with van der Waals surface area (Å²) in [6.45, 7) is 9.01. The molecule has 2 aliphatic rings. The van der Waals surface area contributed by atoms with Crippen molar-refractivity contribution < 1.29 is 4.79 Å². The minimum Gasteiger partial charge on any atom is -0.294 e. The van der Waals surface area contributed by atoms with Crippen LogP contribution in [0.4, 0.5) is 0 Å². The van der Waals surface area contributed by atoms with E-state index in [4.69, 9.17) is 0 Å². The van der Waals surface area contributed by atoms with Crippen LogP contribution in [0.2, 0.25) is 19.6 Å². The molecule has 0 aromatic heterocycles. The first-order valence-corrected chi connectivity index (χ1v) is 8.62. The Morgan fingerprint density at radius 1 is 1.23 bits per heavy atom. The molecule has 0 amide bonds. The SMILES string of the molecule is CC1=C([Si](C)(C)C)C(=O)C2(CC2)C1. The summed E-state index contributed by atoms with van der Waals surface area (Å²) in [6.07, 6.45) is 3.37. The highest BCUT2D eigenvalue weighted by Gasteiger charge is 2.56. The lowest BCUT2D eigenvalue weighted by Gasteiger charge is -2.18. The Kier molecular flexibility index (Phi) is 1.66. The number of hydrogen-bond donors (Lipinski definition) is 0. The standard InChI is InChI=1S/C11H18OSi/c1-8-7-11(5-6-11)10(12)9(8)13(2,3)4/h5-7H2,1-4H3.